The Labute approximate surface area is 173 Å². The molecule has 30 heavy (non-hydrogen) atoms. The van der Waals surface area contributed by atoms with E-state index in [4.69, 9.17) is 9.15 Å². The Kier molecular flexibility index (Phi) is 4.38. The van der Waals surface area contributed by atoms with E-state index in [1.54, 1.807) is 36.4 Å². The van der Waals surface area contributed by atoms with E-state index in [-0.39, 0.29) is 35.5 Å². The van der Waals surface area contributed by atoms with Crippen LogP contribution >= 0.6 is 0 Å². The maximum Gasteiger partial charge on any atom is 0.337 e. The second-order valence-corrected chi connectivity index (χ2v) is 7.85. The van der Waals surface area contributed by atoms with E-state index in [9.17, 15) is 14.4 Å². The molecule has 0 radical (unpaired) electrons. The Bertz CT molecular complexity index is 1050. The van der Waals surface area contributed by atoms with Gasteiger partial charge in [-0.2, -0.15) is 10.1 Å². The Hall–Kier alpha value is -3.48. The zero-order chi connectivity index (χ0) is 20.8. The van der Waals surface area contributed by atoms with Crippen molar-refractivity contribution in [2.45, 2.75) is 12.8 Å². The summed E-state index contributed by atoms with van der Waals surface area (Å²) in [5.74, 6) is -0.104. The van der Waals surface area contributed by atoms with Crippen molar-refractivity contribution < 1.29 is 23.5 Å². The lowest BCUT2D eigenvalue weighted by Crippen LogP contribution is -2.38. The van der Waals surface area contributed by atoms with Gasteiger partial charge >= 0.3 is 5.97 Å². The molecule has 0 N–H and O–H groups in total. The van der Waals surface area contributed by atoms with Crippen LogP contribution in [-0.4, -0.2) is 36.1 Å². The molecular weight excluding hydrogens is 384 g/mol. The van der Waals surface area contributed by atoms with Crippen molar-refractivity contribution in [1.29, 1.82) is 0 Å². The standard InChI is InChI=1S/C23H20N2O5/c1-29-23(28)16-8-2-13(3-9-16)18-11-10-17(30-18)12-24-25-21(26)19-14-4-5-15(7-6-14)20(19)22(25)27/h2-5,8-12,14-15,19-20H,6-7H2,1H3/b24-12-/t14-,15-,19-,20+/m1/s1. The number of imide groups is 1. The van der Waals surface area contributed by atoms with Crippen molar-refractivity contribution in [2.75, 3.05) is 7.11 Å². The Morgan fingerprint density at radius 2 is 1.67 bits per heavy atom. The second-order valence-electron chi connectivity index (χ2n) is 7.85. The smallest absolute Gasteiger partial charge is 0.337 e. The van der Waals surface area contributed by atoms with Gasteiger partial charge in [-0.1, -0.05) is 24.3 Å². The summed E-state index contributed by atoms with van der Waals surface area (Å²) in [4.78, 5) is 37.1. The van der Waals surface area contributed by atoms with Crippen LogP contribution in [-0.2, 0) is 14.3 Å². The highest BCUT2D eigenvalue weighted by molar-refractivity contribution is 6.06. The quantitative estimate of drug-likeness (QED) is 0.338. The minimum absolute atomic E-state index is 0.139. The lowest BCUT2D eigenvalue weighted by Gasteiger charge is -2.37. The molecule has 2 amide bonds. The molecule has 0 unspecified atom stereocenters. The summed E-state index contributed by atoms with van der Waals surface area (Å²) in [5, 5.41) is 5.17. The van der Waals surface area contributed by atoms with Gasteiger partial charge in [0.2, 0.25) is 0 Å². The molecule has 7 heteroatoms. The van der Waals surface area contributed by atoms with Gasteiger partial charge in [0, 0.05) is 5.56 Å². The number of hydrogen-bond donors (Lipinski definition) is 0. The number of rotatable bonds is 4. The van der Waals surface area contributed by atoms with Crippen LogP contribution in [0.3, 0.4) is 0 Å². The van der Waals surface area contributed by atoms with Gasteiger partial charge in [-0.05, 0) is 48.9 Å². The molecule has 1 aromatic carbocycles. The summed E-state index contributed by atoms with van der Waals surface area (Å²) in [6.45, 7) is 0. The number of amides is 2. The number of allylic oxidation sites excluding steroid dienone is 2. The molecule has 2 heterocycles. The Balaban J connectivity index is 1.33. The van der Waals surface area contributed by atoms with E-state index in [1.165, 1.54) is 13.3 Å². The molecular formula is C23H20N2O5. The zero-order valence-electron chi connectivity index (χ0n) is 16.4. The summed E-state index contributed by atoms with van der Waals surface area (Å²) >= 11 is 0. The molecule has 6 rings (SSSR count). The van der Waals surface area contributed by atoms with E-state index in [1.807, 2.05) is 0 Å². The number of esters is 1. The maximum atomic E-state index is 12.8. The minimum atomic E-state index is -0.405. The van der Waals surface area contributed by atoms with E-state index in [0.717, 1.165) is 23.4 Å². The number of methoxy groups -OCH3 is 1. The highest BCUT2D eigenvalue weighted by atomic mass is 16.5. The highest BCUT2D eigenvalue weighted by Crippen LogP contribution is 2.49. The van der Waals surface area contributed by atoms with Crippen LogP contribution in [0.2, 0.25) is 0 Å². The van der Waals surface area contributed by atoms with Crippen molar-refractivity contribution in [3.63, 3.8) is 0 Å². The monoisotopic (exact) mass is 404 g/mol. The Morgan fingerprint density at radius 3 is 2.23 bits per heavy atom. The summed E-state index contributed by atoms with van der Waals surface area (Å²) < 4.78 is 10.5. The number of benzene rings is 1. The van der Waals surface area contributed by atoms with Gasteiger partial charge in [-0.15, -0.1) is 0 Å². The normalized spacial score (nSPS) is 27.2. The van der Waals surface area contributed by atoms with Crippen LogP contribution in [0.4, 0.5) is 0 Å². The molecule has 3 aliphatic carbocycles. The first-order chi connectivity index (χ1) is 14.6. The summed E-state index contributed by atoms with van der Waals surface area (Å²) in [6.07, 6.45) is 7.47. The molecule has 2 fully saturated rings. The number of hydrogen-bond acceptors (Lipinski definition) is 6. The SMILES string of the molecule is COC(=O)c1ccc(-c2ccc(/C=N\N3C(=O)[C@@H]4[C@H](C3=O)[C@@H]3C=C[C@@H]4CC3)o2)cc1. The van der Waals surface area contributed by atoms with Crippen LogP contribution in [0.5, 0.6) is 0 Å². The van der Waals surface area contributed by atoms with E-state index >= 15 is 0 Å². The second kappa shape index (κ2) is 7.09. The lowest BCUT2D eigenvalue weighted by atomic mass is 9.63. The zero-order valence-corrected chi connectivity index (χ0v) is 16.4. The third-order valence-electron chi connectivity index (χ3n) is 6.25. The summed E-state index contributed by atoms with van der Waals surface area (Å²) in [7, 11) is 1.33. The summed E-state index contributed by atoms with van der Waals surface area (Å²) in [6, 6.07) is 10.3. The molecule has 0 spiro atoms. The number of furan rings is 1. The first-order valence-corrected chi connectivity index (χ1v) is 9.95. The molecule has 152 valence electrons. The number of ether oxygens (including phenoxy) is 1. The number of hydrazone groups is 1. The predicted octanol–water partition coefficient (Wildman–Crippen LogP) is 3.26. The van der Waals surface area contributed by atoms with Gasteiger partial charge in [-0.3, -0.25) is 9.59 Å². The van der Waals surface area contributed by atoms with Crippen LogP contribution < -0.4 is 0 Å². The molecule has 1 aromatic heterocycles. The largest absolute Gasteiger partial charge is 0.465 e. The van der Waals surface area contributed by atoms with Crippen LogP contribution in [0.15, 0.2) is 58.1 Å². The molecule has 2 bridgehead atoms. The van der Waals surface area contributed by atoms with Crippen LogP contribution in [0.25, 0.3) is 11.3 Å². The van der Waals surface area contributed by atoms with E-state index in [2.05, 4.69) is 17.3 Å². The average Bonchev–Trinajstić information content (AvgIpc) is 3.37. The molecule has 1 saturated carbocycles. The molecule has 1 saturated heterocycles. The minimum Gasteiger partial charge on any atom is -0.465 e. The first-order valence-electron chi connectivity index (χ1n) is 9.95. The molecule has 1 aliphatic heterocycles. The van der Waals surface area contributed by atoms with Crippen molar-refractivity contribution in [2.24, 2.45) is 28.8 Å². The molecule has 4 atom stereocenters. The van der Waals surface area contributed by atoms with Gasteiger partial charge in [-0.25, -0.2) is 4.79 Å². The maximum absolute atomic E-state index is 12.8. The average molecular weight is 404 g/mol. The molecule has 7 nitrogen and oxygen atoms in total. The fourth-order valence-corrected chi connectivity index (χ4v) is 4.75. The van der Waals surface area contributed by atoms with Crippen molar-refractivity contribution in [3.8, 4) is 11.3 Å². The van der Waals surface area contributed by atoms with Crippen molar-refractivity contribution >= 4 is 24.0 Å². The fraction of sp³-hybridized carbons (Fsp3) is 0.304. The third kappa shape index (κ3) is 2.89. The van der Waals surface area contributed by atoms with Gasteiger partial charge in [0.1, 0.15) is 11.5 Å². The lowest BCUT2D eigenvalue weighted by molar-refractivity contribution is -0.140. The van der Waals surface area contributed by atoms with E-state index < -0.39 is 5.97 Å². The number of carbonyl (C=O) groups is 3. The first kappa shape index (κ1) is 18.5. The molecule has 4 aliphatic rings. The third-order valence-corrected chi connectivity index (χ3v) is 6.25. The van der Waals surface area contributed by atoms with Crippen LogP contribution in [0.1, 0.15) is 29.0 Å². The number of carbonyl (C=O) groups excluding carboxylic acids is 3. The van der Waals surface area contributed by atoms with Crippen molar-refractivity contribution in [1.82, 2.24) is 5.01 Å². The topological polar surface area (TPSA) is 89.2 Å². The summed E-state index contributed by atoms with van der Waals surface area (Å²) in [5.41, 5.74) is 1.23. The number of fused-ring (bicyclic) bond motifs is 1. The number of nitrogens with zero attached hydrogens (tertiary/aromatic N) is 2. The van der Waals surface area contributed by atoms with Gasteiger partial charge in [0.05, 0.1) is 30.7 Å². The Morgan fingerprint density at radius 1 is 1.03 bits per heavy atom. The van der Waals surface area contributed by atoms with Gasteiger partial charge < -0.3 is 9.15 Å². The van der Waals surface area contributed by atoms with Gasteiger partial charge in [0.25, 0.3) is 11.8 Å². The highest BCUT2D eigenvalue weighted by Gasteiger charge is 2.56. The predicted molar refractivity (Wildman–Crippen MR) is 107 cm³/mol. The van der Waals surface area contributed by atoms with Crippen molar-refractivity contribution in [3.05, 3.63) is 59.9 Å². The fourth-order valence-electron chi connectivity index (χ4n) is 4.75. The van der Waals surface area contributed by atoms with Gasteiger partial charge in [0.15, 0.2) is 0 Å². The van der Waals surface area contributed by atoms with Crippen LogP contribution in [0, 0.1) is 23.7 Å². The van der Waals surface area contributed by atoms with E-state index in [0.29, 0.717) is 17.1 Å². The molecule has 2 aromatic rings.